The third kappa shape index (κ3) is 4.09. The highest BCUT2D eigenvalue weighted by Gasteiger charge is 2.23. The molecular weight excluding hydrogens is 485 g/mol. The second-order valence-corrected chi connectivity index (χ2v) is 10.7. The van der Waals surface area contributed by atoms with E-state index in [0.717, 1.165) is 36.0 Å². The van der Waals surface area contributed by atoms with E-state index in [9.17, 15) is 14.9 Å². The topological polar surface area (TPSA) is 87.8 Å². The monoisotopic (exact) mass is 504 g/mol. The minimum absolute atomic E-state index is 0.0828. The Kier molecular flexibility index (Phi) is 6.37. The number of carbonyl (C=O) groups excluding carboxylic acids is 1. The third-order valence-electron chi connectivity index (χ3n) is 5.67. The zero-order valence-electron chi connectivity index (χ0n) is 18.2. The summed E-state index contributed by atoms with van der Waals surface area (Å²) in [6, 6.07) is 12.0. The molecule has 0 spiro atoms. The summed E-state index contributed by atoms with van der Waals surface area (Å²) >= 11 is 4.13. The lowest BCUT2D eigenvalue weighted by Crippen LogP contribution is -2.23. The highest BCUT2D eigenvalue weighted by Crippen LogP contribution is 2.38. The fourth-order valence-corrected chi connectivity index (χ4v) is 7.19. The Hall–Kier alpha value is -3.19. The molecule has 0 saturated carbocycles. The summed E-state index contributed by atoms with van der Waals surface area (Å²) in [4.78, 5) is 32.7. The first-order valence-electron chi connectivity index (χ1n) is 10.8. The number of aryl methyl sites for hydroxylation is 1. The van der Waals surface area contributed by atoms with Gasteiger partial charge in [-0.1, -0.05) is 48.2 Å². The van der Waals surface area contributed by atoms with Gasteiger partial charge in [-0.05, 0) is 30.4 Å². The average Bonchev–Trinajstić information content (AvgIpc) is 3.55. The quantitative estimate of drug-likeness (QED) is 0.205. The summed E-state index contributed by atoms with van der Waals surface area (Å²) in [5, 5.41) is 16.1. The molecule has 0 radical (unpaired) electrons. The summed E-state index contributed by atoms with van der Waals surface area (Å²) < 4.78 is 1.56. The maximum Gasteiger partial charge on any atom is 0.263 e. The van der Waals surface area contributed by atoms with E-state index in [1.807, 2.05) is 35.7 Å². The van der Waals surface area contributed by atoms with E-state index in [-0.39, 0.29) is 17.2 Å². The summed E-state index contributed by atoms with van der Waals surface area (Å²) in [5.41, 5.74) is 3.35. The first kappa shape index (κ1) is 22.6. The SMILES string of the molecule is C=CCn1c(SCC(=O)Nc2sc3c(c2C#N)CCC3)nc2scc(-c3ccccc3)c2c1=O. The van der Waals surface area contributed by atoms with Gasteiger partial charge in [0.25, 0.3) is 5.56 Å². The molecule has 1 aromatic carbocycles. The van der Waals surface area contributed by atoms with E-state index >= 15 is 0 Å². The molecule has 1 aliphatic rings. The van der Waals surface area contributed by atoms with Crippen molar-refractivity contribution in [3.63, 3.8) is 0 Å². The van der Waals surface area contributed by atoms with Gasteiger partial charge in [0.1, 0.15) is 15.9 Å². The number of anilines is 1. The van der Waals surface area contributed by atoms with Crippen molar-refractivity contribution in [1.29, 1.82) is 5.26 Å². The molecule has 0 fully saturated rings. The minimum Gasteiger partial charge on any atom is -0.316 e. The van der Waals surface area contributed by atoms with E-state index < -0.39 is 0 Å². The van der Waals surface area contributed by atoms with Gasteiger partial charge in [-0.25, -0.2) is 4.98 Å². The number of aromatic nitrogens is 2. The van der Waals surface area contributed by atoms with Gasteiger partial charge in [0.2, 0.25) is 5.91 Å². The van der Waals surface area contributed by atoms with Crippen LogP contribution in [0.1, 0.15) is 22.4 Å². The molecule has 9 heteroatoms. The van der Waals surface area contributed by atoms with Crippen molar-refractivity contribution in [3.8, 4) is 17.2 Å². The fourth-order valence-electron chi connectivity index (χ4n) is 4.14. The van der Waals surface area contributed by atoms with Crippen LogP contribution in [-0.2, 0) is 24.2 Å². The van der Waals surface area contributed by atoms with Crippen molar-refractivity contribution >= 4 is 55.6 Å². The zero-order valence-corrected chi connectivity index (χ0v) is 20.6. The van der Waals surface area contributed by atoms with Crippen molar-refractivity contribution in [3.05, 3.63) is 74.7 Å². The van der Waals surface area contributed by atoms with Crippen LogP contribution in [0, 0.1) is 11.3 Å². The number of hydrogen-bond donors (Lipinski definition) is 1. The number of hydrogen-bond acceptors (Lipinski definition) is 7. The largest absolute Gasteiger partial charge is 0.316 e. The van der Waals surface area contributed by atoms with Gasteiger partial charge >= 0.3 is 0 Å². The molecular formula is C25H20N4O2S3. The first-order valence-corrected chi connectivity index (χ1v) is 13.4. The molecule has 3 heterocycles. The summed E-state index contributed by atoms with van der Waals surface area (Å²) in [6.45, 7) is 4.08. The molecule has 170 valence electrons. The Balaban J connectivity index is 1.41. The average molecular weight is 505 g/mol. The molecule has 0 bridgehead atoms. The maximum atomic E-state index is 13.4. The van der Waals surface area contributed by atoms with Crippen LogP contribution < -0.4 is 10.9 Å². The lowest BCUT2D eigenvalue weighted by Gasteiger charge is -2.11. The molecule has 0 saturated heterocycles. The smallest absolute Gasteiger partial charge is 0.263 e. The lowest BCUT2D eigenvalue weighted by molar-refractivity contribution is -0.113. The summed E-state index contributed by atoms with van der Waals surface area (Å²) in [5.74, 6) is -0.142. The van der Waals surface area contributed by atoms with Crippen molar-refractivity contribution < 1.29 is 4.79 Å². The van der Waals surface area contributed by atoms with Crippen LogP contribution >= 0.6 is 34.4 Å². The van der Waals surface area contributed by atoms with E-state index in [0.29, 0.717) is 32.5 Å². The van der Waals surface area contributed by atoms with Crippen LogP contribution in [0.5, 0.6) is 0 Å². The van der Waals surface area contributed by atoms with Gasteiger partial charge in [-0.3, -0.25) is 14.2 Å². The van der Waals surface area contributed by atoms with Gasteiger partial charge in [0, 0.05) is 22.4 Å². The van der Waals surface area contributed by atoms with Crippen molar-refractivity contribution in [2.75, 3.05) is 11.1 Å². The Morgan fingerprint density at radius 2 is 2.15 bits per heavy atom. The Labute approximate surface area is 208 Å². The third-order valence-corrected chi connectivity index (χ3v) is 8.73. The molecule has 0 aliphatic heterocycles. The lowest BCUT2D eigenvalue weighted by atomic mass is 10.1. The number of benzene rings is 1. The van der Waals surface area contributed by atoms with Crippen LogP contribution in [0.4, 0.5) is 5.00 Å². The van der Waals surface area contributed by atoms with Crippen LogP contribution in [0.15, 0.2) is 58.3 Å². The number of carbonyl (C=O) groups is 1. The maximum absolute atomic E-state index is 13.4. The number of allylic oxidation sites excluding steroid dienone is 1. The van der Waals surface area contributed by atoms with Crippen LogP contribution in [0.25, 0.3) is 21.3 Å². The molecule has 1 N–H and O–H groups in total. The number of thiophene rings is 2. The number of amides is 1. The van der Waals surface area contributed by atoms with Gasteiger partial charge in [0.05, 0.1) is 16.7 Å². The van der Waals surface area contributed by atoms with Crippen LogP contribution in [0.3, 0.4) is 0 Å². The molecule has 4 aromatic rings. The molecule has 6 nitrogen and oxygen atoms in total. The fraction of sp³-hybridized carbons (Fsp3) is 0.200. The molecule has 0 atom stereocenters. The Morgan fingerprint density at radius 1 is 1.32 bits per heavy atom. The van der Waals surface area contributed by atoms with Crippen molar-refractivity contribution in [1.82, 2.24) is 9.55 Å². The van der Waals surface area contributed by atoms with Gasteiger partial charge < -0.3 is 5.32 Å². The number of nitrogens with zero attached hydrogens (tertiary/aromatic N) is 3. The highest BCUT2D eigenvalue weighted by molar-refractivity contribution is 7.99. The second kappa shape index (κ2) is 9.58. The molecule has 3 aromatic heterocycles. The summed E-state index contributed by atoms with van der Waals surface area (Å²) in [7, 11) is 0. The van der Waals surface area contributed by atoms with Crippen molar-refractivity contribution in [2.45, 2.75) is 31.0 Å². The van der Waals surface area contributed by atoms with Gasteiger partial charge in [-0.2, -0.15) is 5.26 Å². The van der Waals surface area contributed by atoms with E-state index in [4.69, 9.17) is 4.98 Å². The zero-order chi connectivity index (χ0) is 23.7. The van der Waals surface area contributed by atoms with Gasteiger partial charge in [-0.15, -0.1) is 29.3 Å². The Bertz CT molecular complexity index is 1510. The Morgan fingerprint density at radius 3 is 2.91 bits per heavy atom. The molecule has 5 rings (SSSR count). The van der Waals surface area contributed by atoms with Crippen LogP contribution in [0.2, 0.25) is 0 Å². The van der Waals surface area contributed by atoms with E-state index in [2.05, 4.69) is 18.0 Å². The number of thioether (sulfide) groups is 1. The standard InChI is InChI=1S/C25H20N4O2S3/c1-2-11-29-24(31)21-18(15-7-4-3-5-8-15)13-32-23(21)28-25(29)33-14-20(30)27-22-17(12-26)16-9-6-10-19(16)34-22/h2-5,7-8,13H,1,6,9-11,14H2,(H,27,30). The van der Waals surface area contributed by atoms with Crippen LogP contribution in [-0.4, -0.2) is 21.2 Å². The first-order chi connectivity index (χ1) is 16.6. The van der Waals surface area contributed by atoms with E-state index in [1.165, 1.54) is 39.3 Å². The molecule has 1 aliphatic carbocycles. The molecule has 34 heavy (non-hydrogen) atoms. The number of nitriles is 1. The van der Waals surface area contributed by atoms with Gasteiger partial charge in [0.15, 0.2) is 5.16 Å². The number of fused-ring (bicyclic) bond motifs is 2. The summed E-state index contributed by atoms with van der Waals surface area (Å²) in [6.07, 6.45) is 4.56. The number of rotatable bonds is 7. The number of nitrogens with one attached hydrogen (secondary N) is 1. The second-order valence-electron chi connectivity index (χ2n) is 7.80. The molecule has 1 amide bonds. The predicted octanol–water partition coefficient (Wildman–Crippen LogP) is 5.46. The van der Waals surface area contributed by atoms with Crippen molar-refractivity contribution in [2.24, 2.45) is 0 Å². The highest BCUT2D eigenvalue weighted by atomic mass is 32.2. The predicted molar refractivity (Wildman–Crippen MR) is 140 cm³/mol. The van der Waals surface area contributed by atoms with E-state index in [1.54, 1.807) is 10.6 Å². The molecule has 0 unspecified atom stereocenters. The minimum atomic E-state index is -0.225. The normalized spacial score (nSPS) is 12.4.